The van der Waals surface area contributed by atoms with Gasteiger partial charge in [0.1, 0.15) is 0 Å². The molecule has 1 heterocycles. The molecule has 0 saturated heterocycles. The fourth-order valence-electron chi connectivity index (χ4n) is 0.663. The van der Waals surface area contributed by atoms with E-state index in [1.54, 1.807) is 0 Å². The lowest BCUT2D eigenvalue weighted by molar-refractivity contribution is 0.0588. The van der Waals surface area contributed by atoms with Crippen LogP contribution in [0.3, 0.4) is 0 Å². The maximum Gasteiger partial charge on any atom is 0.374 e. The van der Waals surface area contributed by atoms with E-state index in [-0.39, 0.29) is 5.82 Å². The number of imidazole rings is 1. The molecule has 1 rings (SSSR count). The topological polar surface area (TPSA) is 81.0 Å². The van der Waals surface area contributed by atoms with Gasteiger partial charge in [-0.3, -0.25) is 0 Å². The summed E-state index contributed by atoms with van der Waals surface area (Å²) in [6.45, 7) is 0.337. The Morgan fingerprint density at radius 2 is 2.64 bits per heavy atom. The van der Waals surface area contributed by atoms with Crippen LogP contribution in [-0.4, -0.2) is 23.0 Å². The fraction of sp³-hybridized carbons (Fsp3) is 0.333. The second-order valence-electron chi connectivity index (χ2n) is 1.95. The zero-order valence-corrected chi connectivity index (χ0v) is 6.13. The van der Waals surface area contributed by atoms with Crippen molar-refractivity contribution in [2.24, 2.45) is 5.73 Å². The summed E-state index contributed by atoms with van der Waals surface area (Å²) in [4.78, 5) is 17.2. The Morgan fingerprint density at radius 1 is 1.91 bits per heavy atom. The molecule has 0 amide bonds. The highest BCUT2D eigenvalue weighted by molar-refractivity contribution is 5.85. The Bertz CT molecular complexity index is 256. The number of nitrogens with zero attached hydrogens (tertiary/aromatic N) is 1. The highest BCUT2D eigenvalue weighted by atomic mass is 16.5. The minimum absolute atomic E-state index is 0.188. The number of H-pyrrole nitrogens is 1. The van der Waals surface area contributed by atoms with E-state index in [1.807, 2.05) is 0 Å². The van der Waals surface area contributed by atoms with Gasteiger partial charge < -0.3 is 15.5 Å². The molecule has 0 aliphatic heterocycles. The van der Waals surface area contributed by atoms with Crippen molar-refractivity contribution in [3.05, 3.63) is 17.7 Å². The largest absolute Gasteiger partial charge is 0.463 e. The van der Waals surface area contributed by atoms with E-state index in [4.69, 9.17) is 5.73 Å². The van der Waals surface area contributed by atoms with Crippen LogP contribution in [0.4, 0.5) is 0 Å². The SMILES string of the molecule is COC(=O)c1ncc(CN)[nH]1. The van der Waals surface area contributed by atoms with Gasteiger partial charge in [-0.15, -0.1) is 0 Å². The minimum atomic E-state index is -0.482. The zero-order chi connectivity index (χ0) is 8.27. The average molecular weight is 155 g/mol. The molecule has 1 aromatic heterocycles. The maximum absolute atomic E-state index is 10.8. The van der Waals surface area contributed by atoms with E-state index in [9.17, 15) is 4.79 Å². The molecule has 0 bridgehead atoms. The van der Waals surface area contributed by atoms with Crippen LogP contribution in [0.1, 0.15) is 16.3 Å². The van der Waals surface area contributed by atoms with Crippen LogP contribution in [0.25, 0.3) is 0 Å². The molecule has 0 saturated carbocycles. The Balaban J connectivity index is 2.80. The number of rotatable bonds is 2. The third-order valence-electron chi connectivity index (χ3n) is 1.23. The van der Waals surface area contributed by atoms with Crippen molar-refractivity contribution in [2.75, 3.05) is 7.11 Å². The van der Waals surface area contributed by atoms with Crippen molar-refractivity contribution in [3.63, 3.8) is 0 Å². The lowest BCUT2D eigenvalue weighted by atomic mass is 10.5. The molecule has 0 aromatic carbocycles. The standard InChI is InChI=1S/C6H9N3O2/c1-11-6(10)5-8-3-4(2-7)9-5/h3H,2,7H2,1H3,(H,8,9). The van der Waals surface area contributed by atoms with E-state index in [0.717, 1.165) is 0 Å². The number of hydrogen-bond donors (Lipinski definition) is 2. The summed E-state index contributed by atoms with van der Waals surface area (Å²) >= 11 is 0. The smallest absolute Gasteiger partial charge is 0.374 e. The molecule has 0 atom stereocenters. The summed E-state index contributed by atoms with van der Waals surface area (Å²) < 4.78 is 4.42. The fourth-order valence-corrected chi connectivity index (χ4v) is 0.663. The number of carbonyl (C=O) groups is 1. The zero-order valence-electron chi connectivity index (χ0n) is 6.13. The van der Waals surface area contributed by atoms with Gasteiger partial charge in [-0.2, -0.15) is 0 Å². The molecule has 0 spiro atoms. The second kappa shape index (κ2) is 3.16. The molecule has 0 aliphatic rings. The number of ether oxygens (including phenoxy) is 1. The molecule has 60 valence electrons. The van der Waals surface area contributed by atoms with Crippen LogP contribution in [0.5, 0.6) is 0 Å². The highest BCUT2D eigenvalue weighted by Crippen LogP contribution is 1.96. The summed E-state index contributed by atoms with van der Waals surface area (Å²) in [7, 11) is 1.30. The van der Waals surface area contributed by atoms with E-state index in [2.05, 4.69) is 14.7 Å². The normalized spacial score (nSPS) is 9.64. The third-order valence-corrected chi connectivity index (χ3v) is 1.23. The van der Waals surface area contributed by atoms with E-state index in [1.165, 1.54) is 13.3 Å². The molecule has 1 aromatic rings. The van der Waals surface area contributed by atoms with Crippen molar-refractivity contribution in [3.8, 4) is 0 Å². The van der Waals surface area contributed by atoms with Gasteiger partial charge in [0.25, 0.3) is 0 Å². The van der Waals surface area contributed by atoms with Gasteiger partial charge in [-0.25, -0.2) is 9.78 Å². The van der Waals surface area contributed by atoms with Crippen LogP contribution in [0.2, 0.25) is 0 Å². The summed E-state index contributed by atoms with van der Waals surface area (Å²) in [5, 5.41) is 0. The molecule has 0 radical (unpaired) electrons. The molecule has 5 heteroatoms. The van der Waals surface area contributed by atoms with Gasteiger partial charge in [-0.1, -0.05) is 0 Å². The number of esters is 1. The predicted octanol–water partition coefficient (Wildman–Crippen LogP) is -0.345. The quantitative estimate of drug-likeness (QED) is 0.572. The Hall–Kier alpha value is -1.36. The number of hydrogen-bond acceptors (Lipinski definition) is 4. The first-order valence-electron chi connectivity index (χ1n) is 3.10. The molecule has 5 nitrogen and oxygen atoms in total. The Labute approximate surface area is 63.6 Å². The lowest BCUT2D eigenvalue weighted by Crippen LogP contribution is -2.04. The van der Waals surface area contributed by atoms with E-state index < -0.39 is 5.97 Å². The number of nitrogens with two attached hydrogens (primary N) is 1. The van der Waals surface area contributed by atoms with Crippen LogP contribution < -0.4 is 5.73 Å². The van der Waals surface area contributed by atoms with Gasteiger partial charge >= 0.3 is 5.97 Å². The number of nitrogens with one attached hydrogen (secondary N) is 1. The van der Waals surface area contributed by atoms with Crippen molar-refractivity contribution in [2.45, 2.75) is 6.54 Å². The van der Waals surface area contributed by atoms with Crippen molar-refractivity contribution >= 4 is 5.97 Å². The van der Waals surface area contributed by atoms with Crippen molar-refractivity contribution in [1.29, 1.82) is 0 Å². The van der Waals surface area contributed by atoms with Crippen molar-refractivity contribution in [1.82, 2.24) is 9.97 Å². The van der Waals surface area contributed by atoms with E-state index >= 15 is 0 Å². The average Bonchev–Trinajstić information content (AvgIpc) is 2.50. The van der Waals surface area contributed by atoms with Gasteiger partial charge in [-0.05, 0) is 0 Å². The number of aromatic nitrogens is 2. The van der Waals surface area contributed by atoms with Crippen LogP contribution in [-0.2, 0) is 11.3 Å². The first-order valence-corrected chi connectivity index (χ1v) is 3.10. The van der Waals surface area contributed by atoms with Crippen LogP contribution >= 0.6 is 0 Å². The first kappa shape index (κ1) is 7.74. The Kier molecular flexibility index (Phi) is 2.22. The second-order valence-corrected chi connectivity index (χ2v) is 1.95. The first-order chi connectivity index (χ1) is 5.27. The molecule has 0 fully saturated rings. The van der Waals surface area contributed by atoms with Crippen molar-refractivity contribution < 1.29 is 9.53 Å². The predicted molar refractivity (Wildman–Crippen MR) is 37.8 cm³/mol. The third kappa shape index (κ3) is 1.56. The summed E-state index contributed by atoms with van der Waals surface area (Å²) in [5.74, 6) is -0.294. The minimum Gasteiger partial charge on any atom is -0.463 e. The van der Waals surface area contributed by atoms with Gasteiger partial charge in [0.15, 0.2) is 0 Å². The molecule has 11 heavy (non-hydrogen) atoms. The number of carbonyl (C=O) groups excluding carboxylic acids is 1. The number of aromatic amines is 1. The van der Waals surface area contributed by atoms with Gasteiger partial charge in [0, 0.05) is 12.2 Å². The monoisotopic (exact) mass is 155 g/mol. The van der Waals surface area contributed by atoms with E-state index in [0.29, 0.717) is 12.2 Å². The molecular formula is C6H9N3O2. The molecule has 0 aliphatic carbocycles. The van der Waals surface area contributed by atoms with Gasteiger partial charge in [0.05, 0.1) is 13.3 Å². The van der Waals surface area contributed by atoms with Crippen LogP contribution in [0, 0.1) is 0 Å². The number of methoxy groups -OCH3 is 1. The molecule has 3 N–H and O–H groups in total. The molecule has 0 unspecified atom stereocenters. The van der Waals surface area contributed by atoms with Gasteiger partial charge in [0.2, 0.25) is 5.82 Å². The Morgan fingerprint density at radius 3 is 3.09 bits per heavy atom. The maximum atomic E-state index is 10.8. The highest BCUT2D eigenvalue weighted by Gasteiger charge is 2.08. The lowest BCUT2D eigenvalue weighted by Gasteiger charge is -1.91. The summed E-state index contributed by atoms with van der Waals surface area (Å²) in [6.07, 6.45) is 1.51. The van der Waals surface area contributed by atoms with Crippen LogP contribution in [0.15, 0.2) is 6.20 Å². The summed E-state index contributed by atoms with van der Waals surface area (Å²) in [5.41, 5.74) is 5.99. The molecular weight excluding hydrogens is 146 g/mol. The summed E-state index contributed by atoms with van der Waals surface area (Å²) in [6, 6.07) is 0.